The van der Waals surface area contributed by atoms with Gasteiger partial charge in [0.2, 0.25) is 0 Å². The van der Waals surface area contributed by atoms with Crippen molar-refractivity contribution in [3.05, 3.63) is 48.0 Å². The Morgan fingerprint density at radius 3 is 2.76 bits per heavy atom. The van der Waals surface area contributed by atoms with Crippen LogP contribution >= 0.6 is 0 Å². The highest BCUT2D eigenvalue weighted by Crippen LogP contribution is 2.37. The normalized spacial score (nSPS) is 17.0. The number of fused-ring (bicyclic) bond motifs is 1. The molecular formula is C22H26FN3O3. The Morgan fingerprint density at radius 1 is 1.24 bits per heavy atom. The molecule has 154 valence electrons. The topological polar surface area (TPSA) is 81.6 Å². The number of aliphatic hydroxyl groups excluding tert-OH is 2. The Labute approximate surface area is 169 Å². The average Bonchev–Trinajstić information content (AvgIpc) is 3.18. The van der Waals surface area contributed by atoms with Crippen LogP contribution in [0.1, 0.15) is 24.5 Å². The van der Waals surface area contributed by atoms with Crippen LogP contribution in [0.5, 0.6) is 5.75 Å². The number of likely N-dealkylation sites (tertiary alicyclic amines) is 1. The van der Waals surface area contributed by atoms with Gasteiger partial charge in [0.15, 0.2) is 0 Å². The van der Waals surface area contributed by atoms with Gasteiger partial charge in [-0.2, -0.15) is 0 Å². The standard InChI is InChI=1S/C22H26FN3O3/c1-29-21-3-2-15(23)10-18(21)17-4-7-24-22-19(17)11-20(25-22)14-5-8-26(9-6-14)12-16(28)13-27/h2-4,7,10-11,14,16,27-28H,5-6,8-9,12-13H2,1H3,(H,24,25). The molecule has 3 heterocycles. The number of piperidine rings is 1. The van der Waals surface area contributed by atoms with Crippen molar-refractivity contribution in [1.29, 1.82) is 0 Å². The van der Waals surface area contributed by atoms with Crippen molar-refractivity contribution in [3.63, 3.8) is 0 Å². The molecule has 0 saturated carbocycles. The zero-order valence-corrected chi connectivity index (χ0v) is 16.4. The molecule has 29 heavy (non-hydrogen) atoms. The molecule has 0 spiro atoms. The molecule has 0 radical (unpaired) electrons. The first-order chi connectivity index (χ1) is 14.1. The Bertz CT molecular complexity index is 983. The first-order valence-electron chi connectivity index (χ1n) is 9.92. The summed E-state index contributed by atoms with van der Waals surface area (Å²) in [5.74, 6) is 0.685. The fraction of sp³-hybridized carbons (Fsp3) is 0.409. The van der Waals surface area contributed by atoms with Crippen LogP contribution < -0.4 is 4.74 Å². The van der Waals surface area contributed by atoms with Gasteiger partial charge in [0, 0.05) is 35.3 Å². The van der Waals surface area contributed by atoms with Gasteiger partial charge < -0.3 is 24.8 Å². The van der Waals surface area contributed by atoms with Crippen LogP contribution in [0.2, 0.25) is 0 Å². The lowest BCUT2D eigenvalue weighted by atomic mass is 9.93. The van der Waals surface area contributed by atoms with E-state index in [-0.39, 0.29) is 12.4 Å². The quantitative estimate of drug-likeness (QED) is 0.594. The van der Waals surface area contributed by atoms with E-state index in [1.807, 2.05) is 6.07 Å². The minimum absolute atomic E-state index is 0.208. The fourth-order valence-corrected chi connectivity index (χ4v) is 4.18. The third-order valence-corrected chi connectivity index (χ3v) is 5.71. The number of aromatic amines is 1. The van der Waals surface area contributed by atoms with Gasteiger partial charge in [-0.15, -0.1) is 0 Å². The Balaban J connectivity index is 1.60. The fourth-order valence-electron chi connectivity index (χ4n) is 4.18. The van der Waals surface area contributed by atoms with Gasteiger partial charge in [-0.1, -0.05) is 0 Å². The number of β-amino-alcohol motifs (C(OH)–C–C–N with tert-alkyl or cyclic N) is 1. The summed E-state index contributed by atoms with van der Waals surface area (Å²) >= 11 is 0. The molecule has 1 saturated heterocycles. The predicted octanol–water partition coefficient (Wildman–Crippen LogP) is 2.91. The van der Waals surface area contributed by atoms with Gasteiger partial charge in [-0.3, -0.25) is 0 Å². The number of pyridine rings is 1. The maximum atomic E-state index is 13.9. The van der Waals surface area contributed by atoms with Gasteiger partial charge in [0.05, 0.1) is 19.8 Å². The van der Waals surface area contributed by atoms with E-state index in [0.29, 0.717) is 23.8 Å². The molecule has 3 N–H and O–H groups in total. The highest BCUT2D eigenvalue weighted by molar-refractivity contribution is 5.95. The molecule has 6 nitrogen and oxygen atoms in total. The van der Waals surface area contributed by atoms with Gasteiger partial charge >= 0.3 is 0 Å². The molecule has 0 aliphatic carbocycles. The van der Waals surface area contributed by atoms with E-state index in [9.17, 15) is 9.50 Å². The largest absolute Gasteiger partial charge is 0.496 e. The molecule has 1 aliphatic heterocycles. The first kappa shape index (κ1) is 19.8. The molecule has 2 aromatic heterocycles. The highest BCUT2D eigenvalue weighted by atomic mass is 19.1. The molecule has 4 rings (SSSR count). The molecule has 0 bridgehead atoms. The lowest BCUT2D eigenvalue weighted by Crippen LogP contribution is -2.39. The Kier molecular flexibility index (Phi) is 5.80. The maximum Gasteiger partial charge on any atom is 0.138 e. The second-order valence-electron chi connectivity index (χ2n) is 7.60. The highest BCUT2D eigenvalue weighted by Gasteiger charge is 2.24. The maximum absolute atomic E-state index is 13.9. The molecule has 0 amide bonds. The van der Waals surface area contributed by atoms with Crippen molar-refractivity contribution in [2.45, 2.75) is 24.9 Å². The van der Waals surface area contributed by atoms with Gasteiger partial charge in [0.25, 0.3) is 0 Å². The van der Waals surface area contributed by atoms with Crippen molar-refractivity contribution in [2.75, 3.05) is 33.4 Å². The van der Waals surface area contributed by atoms with Crippen LogP contribution in [0.25, 0.3) is 22.2 Å². The van der Waals surface area contributed by atoms with Crippen molar-refractivity contribution in [2.24, 2.45) is 0 Å². The third-order valence-electron chi connectivity index (χ3n) is 5.71. The number of hydrogen-bond donors (Lipinski definition) is 3. The average molecular weight is 399 g/mol. The number of aromatic nitrogens is 2. The second-order valence-corrected chi connectivity index (χ2v) is 7.60. The summed E-state index contributed by atoms with van der Waals surface area (Å²) in [4.78, 5) is 10.1. The Hall–Kier alpha value is -2.48. The van der Waals surface area contributed by atoms with E-state index in [2.05, 4.69) is 20.9 Å². The summed E-state index contributed by atoms with van der Waals surface area (Å²) in [5.41, 5.74) is 3.50. The van der Waals surface area contributed by atoms with Crippen LogP contribution in [0.4, 0.5) is 4.39 Å². The van der Waals surface area contributed by atoms with Crippen LogP contribution in [0.15, 0.2) is 36.5 Å². The minimum Gasteiger partial charge on any atom is -0.496 e. The third kappa shape index (κ3) is 4.12. The number of aliphatic hydroxyl groups is 2. The number of methoxy groups -OCH3 is 1. The number of ether oxygens (including phenoxy) is 1. The number of benzene rings is 1. The summed E-state index contributed by atoms with van der Waals surface area (Å²) in [5, 5.41) is 19.6. The summed E-state index contributed by atoms with van der Waals surface area (Å²) < 4.78 is 19.3. The molecule has 1 atom stereocenters. The lowest BCUT2D eigenvalue weighted by molar-refractivity contribution is 0.0512. The minimum atomic E-state index is -0.687. The van der Waals surface area contributed by atoms with E-state index in [4.69, 9.17) is 9.84 Å². The molecule has 1 unspecified atom stereocenters. The zero-order chi connectivity index (χ0) is 20.4. The van der Waals surface area contributed by atoms with Gasteiger partial charge in [-0.25, -0.2) is 9.37 Å². The smallest absolute Gasteiger partial charge is 0.138 e. The number of rotatable bonds is 6. The molecule has 3 aromatic rings. The molecule has 1 fully saturated rings. The Morgan fingerprint density at radius 2 is 2.03 bits per heavy atom. The predicted molar refractivity (Wildman–Crippen MR) is 110 cm³/mol. The van der Waals surface area contributed by atoms with Gasteiger partial charge in [0.1, 0.15) is 17.2 Å². The van der Waals surface area contributed by atoms with Crippen LogP contribution in [0, 0.1) is 5.82 Å². The van der Waals surface area contributed by atoms with Crippen molar-refractivity contribution in [3.8, 4) is 16.9 Å². The summed E-state index contributed by atoms with van der Waals surface area (Å²) in [6.45, 7) is 2.03. The molecule has 1 aliphatic rings. The number of H-pyrrole nitrogens is 1. The zero-order valence-electron chi connectivity index (χ0n) is 16.4. The van der Waals surface area contributed by atoms with Crippen molar-refractivity contribution < 1.29 is 19.3 Å². The second kappa shape index (κ2) is 8.49. The summed E-state index contributed by atoms with van der Waals surface area (Å²) in [6, 6.07) is 8.53. The molecule has 1 aromatic carbocycles. The van der Waals surface area contributed by atoms with E-state index >= 15 is 0 Å². The molecular weight excluding hydrogens is 373 g/mol. The number of hydrogen-bond acceptors (Lipinski definition) is 5. The number of nitrogens with zero attached hydrogens (tertiary/aromatic N) is 2. The number of nitrogens with one attached hydrogen (secondary N) is 1. The molecule has 7 heteroatoms. The summed E-state index contributed by atoms with van der Waals surface area (Å²) in [6.07, 6.45) is 2.96. The van der Waals surface area contributed by atoms with Crippen LogP contribution in [-0.2, 0) is 0 Å². The summed E-state index contributed by atoms with van der Waals surface area (Å²) in [7, 11) is 1.58. The number of halogens is 1. The van der Waals surface area contributed by atoms with E-state index in [1.54, 1.807) is 19.4 Å². The van der Waals surface area contributed by atoms with Crippen molar-refractivity contribution in [1.82, 2.24) is 14.9 Å². The van der Waals surface area contributed by atoms with E-state index in [0.717, 1.165) is 48.2 Å². The van der Waals surface area contributed by atoms with E-state index in [1.165, 1.54) is 12.1 Å². The first-order valence-corrected chi connectivity index (χ1v) is 9.92. The van der Waals surface area contributed by atoms with Gasteiger partial charge in [-0.05, 0) is 61.8 Å². The monoisotopic (exact) mass is 399 g/mol. The van der Waals surface area contributed by atoms with E-state index < -0.39 is 6.10 Å². The lowest BCUT2D eigenvalue weighted by Gasteiger charge is -2.32. The van der Waals surface area contributed by atoms with Crippen molar-refractivity contribution >= 4 is 11.0 Å². The van der Waals surface area contributed by atoms with Crippen LogP contribution in [0.3, 0.4) is 0 Å². The van der Waals surface area contributed by atoms with Crippen LogP contribution in [-0.4, -0.2) is 64.5 Å². The SMILES string of the molecule is COc1ccc(F)cc1-c1ccnc2[nH]c(C3CCN(CC(O)CO)CC3)cc12.